The highest BCUT2D eigenvalue weighted by Gasteiger charge is 2.46. The molecule has 0 bridgehead atoms. The first kappa shape index (κ1) is 16.4. The molecule has 0 unspecified atom stereocenters. The van der Waals surface area contributed by atoms with E-state index in [-0.39, 0.29) is 0 Å². The Morgan fingerprint density at radius 1 is 0.593 bits per heavy atom. The van der Waals surface area contributed by atoms with Crippen LogP contribution < -0.4 is 5.46 Å². The summed E-state index contributed by atoms with van der Waals surface area (Å²) in [5.41, 5.74) is 7.58. The lowest BCUT2D eigenvalue weighted by atomic mass is 9.67. The lowest BCUT2D eigenvalue weighted by Gasteiger charge is -2.34. The van der Waals surface area contributed by atoms with Gasteiger partial charge in [-0.1, -0.05) is 102 Å². The van der Waals surface area contributed by atoms with E-state index in [0.29, 0.717) is 0 Å². The van der Waals surface area contributed by atoms with Crippen molar-refractivity contribution in [3.63, 3.8) is 0 Å². The molecule has 27 heavy (non-hydrogen) atoms. The van der Waals surface area contributed by atoms with Crippen LogP contribution in [0.3, 0.4) is 0 Å². The van der Waals surface area contributed by atoms with Crippen LogP contribution in [0.25, 0.3) is 11.1 Å². The van der Waals surface area contributed by atoms with E-state index >= 15 is 0 Å². The molecule has 2 heteroatoms. The van der Waals surface area contributed by atoms with E-state index in [1.807, 2.05) is 12.1 Å². The minimum atomic E-state index is -0.437. The molecule has 0 N–H and O–H groups in total. The Balaban J connectivity index is 2.00. The first-order valence-electron chi connectivity index (χ1n) is 9.03. The van der Waals surface area contributed by atoms with Gasteiger partial charge in [0.2, 0.25) is 0 Å². The summed E-state index contributed by atoms with van der Waals surface area (Å²) in [6.07, 6.45) is 0. The van der Waals surface area contributed by atoms with Crippen molar-refractivity contribution < 1.29 is 0 Å². The number of hydrogen-bond acceptors (Lipinski definition) is 0. The smallest absolute Gasteiger partial charge is 0.0963 e. The number of fused-ring (bicyclic) bond motifs is 3. The van der Waals surface area contributed by atoms with Gasteiger partial charge in [0.05, 0.1) is 5.41 Å². The second-order valence-corrected chi connectivity index (χ2v) is 7.41. The third-order valence-corrected chi connectivity index (χ3v) is 5.77. The molecule has 5 rings (SSSR count). The molecule has 0 saturated heterocycles. The number of benzene rings is 4. The average Bonchev–Trinajstić information content (AvgIpc) is 2.99. The zero-order chi connectivity index (χ0) is 18.4. The lowest BCUT2D eigenvalue weighted by Crippen LogP contribution is -2.29. The maximum absolute atomic E-state index is 6.48. The van der Waals surface area contributed by atoms with Crippen LogP contribution in [-0.4, -0.2) is 7.85 Å². The summed E-state index contributed by atoms with van der Waals surface area (Å²) < 4.78 is 0. The SMILES string of the molecule is [B]c1ccc2c(c1)C(c1ccccc1)(c1ccccc1)c1cc(Cl)ccc1-2. The molecule has 0 atom stereocenters. The largest absolute Gasteiger partial charge is 0.113 e. The van der Waals surface area contributed by atoms with E-state index in [9.17, 15) is 0 Å². The summed E-state index contributed by atoms with van der Waals surface area (Å²) in [7, 11) is 6.25. The maximum atomic E-state index is 6.48. The molecule has 1 aliphatic rings. The Kier molecular flexibility index (Phi) is 3.74. The Bertz CT molecular complexity index is 1040. The summed E-state index contributed by atoms with van der Waals surface area (Å²) in [4.78, 5) is 0. The quantitative estimate of drug-likeness (QED) is 0.364. The van der Waals surface area contributed by atoms with Crippen LogP contribution in [-0.2, 0) is 5.41 Å². The van der Waals surface area contributed by atoms with Gasteiger partial charge in [-0.05, 0) is 45.5 Å². The average molecular weight is 363 g/mol. The summed E-state index contributed by atoms with van der Waals surface area (Å²) >= 11 is 6.48. The maximum Gasteiger partial charge on any atom is 0.113 e. The van der Waals surface area contributed by atoms with Crippen molar-refractivity contribution in [2.24, 2.45) is 0 Å². The zero-order valence-corrected chi connectivity index (χ0v) is 15.4. The van der Waals surface area contributed by atoms with Crippen LogP contribution in [0.15, 0.2) is 97.1 Å². The third kappa shape index (κ3) is 2.32. The van der Waals surface area contributed by atoms with Crippen molar-refractivity contribution in [1.82, 2.24) is 0 Å². The third-order valence-electron chi connectivity index (χ3n) is 5.54. The van der Waals surface area contributed by atoms with Crippen LogP contribution in [0.5, 0.6) is 0 Å². The molecule has 1 aliphatic carbocycles. The summed E-state index contributed by atoms with van der Waals surface area (Å²) in [5, 5.41) is 0.741. The molecule has 4 aromatic carbocycles. The van der Waals surface area contributed by atoms with Gasteiger partial charge in [-0.25, -0.2) is 0 Å². The Labute approximate surface area is 165 Å². The normalized spacial score (nSPS) is 13.8. The fraction of sp³-hybridized carbons (Fsp3) is 0.0400. The van der Waals surface area contributed by atoms with Crippen LogP contribution in [0, 0.1) is 0 Å². The predicted octanol–water partition coefficient (Wildman–Crippen LogP) is 5.50. The highest BCUT2D eigenvalue weighted by atomic mass is 35.5. The second-order valence-electron chi connectivity index (χ2n) is 6.98. The molecule has 0 fully saturated rings. The highest BCUT2D eigenvalue weighted by Crippen LogP contribution is 2.56. The summed E-state index contributed by atoms with van der Waals surface area (Å²) in [6, 6.07) is 33.6. The second kappa shape index (κ2) is 6.15. The lowest BCUT2D eigenvalue weighted by molar-refractivity contribution is 0.769. The van der Waals surface area contributed by atoms with Crippen molar-refractivity contribution >= 4 is 24.9 Å². The summed E-state index contributed by atoms with van der Waals surface area (Å²) in [6.45, 7) is 0. The molecule has 0 aromatic heterocycles. The predicted molar refractivity (Wildman–Crippen MR) is 114 cm³/mol. The van der Waals surface area contributed by atoms with Gasteiger partial charge in [0.1, 0.15) is 7.85 Å². The van der Waals surface area contributed by atoms with Gasteiger partial charge in [-0.2, -0.15) is 0 Å². The van der Waals surface area contributed by atoms with Gasteiger partial charge in [-0.3, -0.25) is 0 Å². The van der Waals surface area contributed by atoms with Crippen LogP contribution in [0.4, 0.5) is 0 Å². The van der Waals surface area contributed by atoms with E-state index in [0.717, 1.165) is 10.5 Å². The van der Waals surface area contributed by atoms with Crippen LogP contribution >= 0.6 is 11.6 Å². The topological polar surface area (TPSA) is 0 Å². The van der Waals surface area contributed by atoms with Gasteiger partial charge >= 0.3 is 0 Å². The standard InChI is InChI=1S/C25H16BCl/c26-19-11-13-21-22-14-12-20(27)16-24(22)25(23(21)15-19,17-7-3-1-4-8-17)18-9-5-2-6-10-18/h1-16H. The molecule has 0 aliphatic heterocycles. The number of hydrogen-bond donors (Lipinski definition) is 0. The molecule has 0 nitrogen and oxygen atoms in total. The van der Waals surface area contributed by atoms with Crippen molar-refractivity contribution in [1.29, 1.82) is 0 Å². The number of rotatable bonds is 2. The van der Waals surface area contributed by atoms with Crippen molar-refractivity contribution in [3.05, 3.63) is 124 Å². The highest BCUT2D eigenvalue weighted by molar-refractivity contribution is 6.32. The van der Waals surface area contributed by atoms with Gasteiger partial charge in [-0.15, -0.1) is 0 Å². The van der Waals surface area contributed by atoms with E-state index in [4.69, 9.17) is 19.4 Å². The first-order valence-corrected chi connectivity index (χ1v) is 9.40. The molecular formula is C25H16BCl. The van der Waals surface area contributed by atoms with Gasteiger partial charge in [0.15, 0.2) is 0 Å². The fourth-order valence-corrected chi connectivity index (χ4v) is 4.65. The molecular weight excluding hydrogens is 347 g/mol. The monoisotopic (exact) mass is 362 g/mol. The Morgan fingerprint density at radius 3 is 1.70 bits per heavy atom. The molecule has 0 amide bonds. The van der Waals surface area contributed by atoms with Crippen molar-refractivity contribution in [2.45, 2.75) is 5.41 Å². The summed E-state index contributed by atoms with van der Waals surface area (Å²) in [5.74, 6) is 0. The Morgan fingerprint density at radius 2 is 1.11 bits per heavy atom. The molecule has 4 aromatic rings. The zero-order valence-electron chi connectivity index (χ0n) is 14.7. The molecule has 2 radical (unpaired) electrons. The van der Waals surface area contributed by atoms with Crippen molar-refractivity contribution in [3.8, 4) is 11.1 Å². The van der Waals surface area contributed by atoms with Gasteiger partial charge in [0, 0.05) is 5.02 Å². The van der Waals surface area contributed by atoms with Crippen LogP contribution in [0.2, 0.25) is 5.02 Å². The molecule has 0 spiro atoms. The van der Waals surface area contributed by atoms with E-state index in [1.165, 1.54) is 33.4 Å². The van der Waals surface area contributed by atoms with Crippen molar-refractivity contribution in [2.75, 3.05) is 0 Å². The van der Waals surface area contributed by atoms with E-state index in [1.54, 1.807) is 0 Å². The van der Waals surface area contributed by atoms with Gasteiger partial charge in [0.25, 0.3) is 0 Å². The first-order chi connectivity index (χ1) is 13.2. The molecule has 0 heterocycles. The minimum absolute atomic E-state index is 0.437. The van der Waals surface area contributed by atoms with E-state index < -0.39 is 5.41 Å². The van der Waals surface area contributed by atoms with Gasteiger partial charge < -0.3 is 0 Å². The van der Waals surface area contributed by atoms with E-state index in [2.05, 4.69) is 84.9 Å². The Hall–Kier alpha value is -2.77. The molecule has 126 valence electrons. The van der Waals surface area contributed by atoms with Crippen LogP contribution in [0.1, 0.15) is 22.3 Å². The molecule has 0 saturated carbocycles. The number of halogens is 1. The minimum Gasteiger partial charge on any atom is -0.0963 e. The fourth-order valence-electron chi connectivity index (χ4n) is 4.48.